The predicted molar refractivity (Wildman–Crippen MR) is 75.8 cm³/mol. The summed E-state index contributed by atoms with van der Waals surface area (Å²) in [7, 11) is 1.65. The fraction of sp³-hybridized carbons (Fsp3) is 0.400. The van der Waals surface area contributed by atoms with Crippen LogP contribution in [0.15, 0.2) is 35.0 Å². The van der Waals surface area contributed by atoms with Crippen LogP contribution in [0.4, 0.5) is 0 Å². The molecular weight excluding hydrogens is 256 g/mol. The Morgan fingerprint density at radius 2 is 2.05 bits per heavy atom. The molecule has 5 heteroatoms. The van der Waals surface area contributed by atoms with Crippen molar-refractivity contribution in [2.45, 2.75) is 33.0 Å². The predicted octanol–water partition coefficient (Wildman–Crippen LogP) is 2.76. The standard InChI is InChI=1S/C15H20N2O3/c1-11(2)19-14-5-4-12(8-15(14)18-3)9-16-10-13-6-7-17-20-13/h4-8,11,16H,9-10H2,1-3H3. The van der Waals surface area contributed by atoms with E-state index in [0.29, 0.717) is 6.54 Å². The molecule has 0 aliphatic carbocycles. The highest BCUT2D eigenvalue weighted by atomic mass is 16.5. The number of nitrogens with zero attached hydrogens (tertiary/aromatic N) is 1. The van der Waals surface area contributed by atoms with E-state index in [1.807, 2.05) is 38.1 Å². The van der Waals surface area contributed by atoms with Crippen molar-refractivity contribution in [1.29, 1.82) is 0 Å². The lowest BCUT2D eigenvalue weighted by molar-refractivity contribution is 0.230. The molecule has 1 aromatic heterocycles. The number of hydrogen-bond acceptors (Lipinski definition) is 5. The van der Waals surface area contributed by atoms with Crippen LogP contribution in [0.3, 0.4) is 0 Å². The second kappa shape index (κ2) is 6.96. The molecule has 1 N–H and O–H groups in total. The van der Waals surface area contributed by atoms with Gasteiger partial charge < -0.3 is 19.3 Å². The van der Waals surface area contributed by atoms with Crippen molar-refractivity contribution in [3.8, 4) is 11.5 Å². The molecule has 0 aliphatic heterocycles. The fourth-order valence-electron chi connectivity index (χ4n) is 1.84. The van der Waals surface area contributed by atoms with E-state index in [2.05, 4.69) is 10.5 Å². The van der Waals surface area contributed by atoms with Crippen LogP contribution in [0, 0.1) is 0 Å². The highest BCUT2D eigenvalue weighted by molar-refractivity contribution is 5.43. The third-order valence-electron chi connectivity index (χ3n) is 2.71. The number of hydrogen-bond donors (Lipinski definition) is 1. The minimum Gasteiger partial charge on any atom is -0.493 e. The zero-order chi connectivity index (χ0) is 14.4. The van der Waals surface area contributed by atoms with Crippen LogP contribution in [-0.2, 0) is 13.1 Å². The topological polar surface area (TPSA) is 56.5 Å². The van der Waals surface area contributed by atoms with Gasteiger partial charge in [0, 0.05) is 12.6 Å². The Balaban J connectivity index is 1.94. The van der Waals surface area contributed by atoms with Crippen molar-refractivity contribution >= 4 is 0 Å². The Bertz CT molecular complexity index is 524. The van der Waals surface area contributed by atoms with E-state index in [9.17, 15) is 0 Å². The van der Waals surface area contributed by atoms with Gasteiger partial charge in [0.05, 0.1) is 26.0 Å². The molecule has 0 fully saturated rings. The van der Waals surface area contributed by atoms with Crippen LogP contribution in [-0.4, -0.2) is 18.4 Å². The molecule has 0 atom stereocenters. The first-order valence-corrected chi connectivity index (χ1v) is 6.63. The number of nitrogens with one attached hydrogen (secondary N) is 1. The summed E-state index contributed by atoms with van der Waals surface area (Å²) in [6, 6.07) is 7.77. The molecule has 0 radical (unpaired) electrons. The summed E-state index contributed by atoms with van der Waals surface area (Å²) in [5.74, 6) is 2.33. The van der Waals surface area contributed by atoms with Gasteiger partial charge in [-0.25, -0.2) is 0 Å². The van der Waals surface area contributed by atoms with Crippen molar-refractivity contribution in [3.63, 3.8) is 0 Å². The first-order chi connectivity index (χ1) is 9.69. The Hall–Kier alpha value is -2.01. The first-order valence-electron chi connectivity index (χ1n) is 6.63. The summed E-state index contributed by atoms with van der Waals surface area (Å²) in [6.07, 6.45) is 1.76. The summed E-state index contributed by atoms with van der Waals surface area (Å²) in [5, 5.41) is 6.95. The van der Waals surface area contributed by atoms with Gasteiger partial charge in [-0.15, -0.1) is 0 Å². The molecule has 5 nitrogen and oxygen atoms in total. The van der Waals surface area contributed by atoms with Crippen molar-refractivity contribution in [3.05, 3.63) is 41.8 Å². The maximum Gasteiger partial charge on any atom is 0.161 e. The number of methoxy groups -OCH3 is 1. The van der Waals surface area contributed by atoms with Crippen LogP contribution < -0.4 is 14.8 Å². The number of rotatable bonds is 7. The van der Waals surface area contributed by atoms with Gasteiger partial charge >= 0.3 is 0 Å². The fourth-order valence-corrected chi connectivity index (χ4v) is 1.84. The molecule has 0 saturated heterocycles. The van der Waals surface area contributed by atoms with E-state index in [-0.39, 0.29) is 6.10 Å². The molecule has 1 heterocycles. The van der Waals surface area contributed by atoms with Gasteiger partial charge in [-0.3, -0.25) is 0 Å². The lowest BCUT2D eigenvalue weighted by Crippen LogP contribution is -2.12. The maximum atomic E-state index is 5.69. The van der Waals surface area contributed by atoms with Gasteiger partial charge in [0.15, 0.2) is 11.5 Å². The Labute approximate surface area is 118 Å². The Kier molecular flexibility index (Phi) is 5.01. The van der Waals surface area contributed by atoms with Crippen LogP contribution in [0.5, 0.6) is 11.5 Å². The van der Waals surface area contributed by atoms with E-state index in [0.717, 1.165) is 29.4 Å². The molecule has 0 bridgehead atoms. The molecular formula is C15H20N2O3. The zero-order valence-corrected chi connectivity index (χ0v) is 12.1. The lowest BCUT2D eigenvalue weighted by Gasteiger charge is -2.14. The Morgan fingerprint density at radius 3 is 2.70 bits per heavy atom. The van der Waals surface area contributed by atoms with Gasteiger partial charge in [-0.1, -0.05) is 11.2 Å². The molecule has 1 aromatic carbocycles. The molecule has 20 heavy (non-hydrogen) atoms. The van der Waals surface area contributed by atoms with Gasteiger partial charge in [-0.2, -0.15) is 0 Å². The number of ether oxygens (including phenoxy) is 2. The zero-order valence-electron chi connectivity index (χ0n) is 12.1. The van der Waals surface area contributed by atoms with E-state index in [1.165, 1.54) is 0 Å². The van der Waals surface area contributed by atoms with Gasteiger partial charge in [0.25, 0.3) is 0 Å². The normalized spacial score (nSPS) is 10.8. The monoisotopic (exact) mass is 276 g/mol. The van der Waals surface area contributed by atoms with Crippen LogP contribution >= 0.6 is 0 Å². The summed E-state index contributed by atoms with van der Waals surface area (Å²) in [5.41, 5.74) is 1.12. The third-order valence-corrected chi connectivity index (χ3v) is 2.71. The number of aromatic nitrogens is 1. The second-order valence-corrected chi connectivity index (χ2v) is 4.73. The summed E-state index contributed by atoms with van der Waals surface area (Å²) in [4.78, 5) is 0. The quantitative estimate of drug-likeness (QED) is 0.842. The highest BCUT2D eigenvalue weighted by Gasteiger charge is 2.07. The second-order valence-electron chi connectivity index (χ2n) is 4.73. The summed E-state index contributed by atoms with van der Waals surface area (Å²) >= 11 is 0. The lowest BCUT2D eigenvalue weighted by atomic mass is 10.2. The van der Waals surface area contributed by atoms with Crippen molar-refractivity contribution < 1.29 is 14.0 Å². The Morgan fingerprint density at radius 1 is 1.20 bits per heavy atom. The van der Waals surface area contributed by atoms with Gasteiger partial charge in [0.2, 0.25) is 0 Å². The van der Waals surface area contributed by atoms with E-state index < -0.39 is 0 Å². The highest BCUT2D eigenvalue weighted by Crippen LogP contribution is 2.28. The van der Waals surface area contributed by atoms with Crippen molar-refractivity contribution in [2.75, 3.05) is 7.11 Å². The smallest absolute Gasteiger partial charge is 0.161 e. The molecule has 0 saturated carbocycles. The molecule has 108 valence electrons. The van der Waals surface area contributed by atoms with Crippen molar-refractivity contribution in [2.24, 2.45) is 0 Å². The van der Waals surface area contributed by atoms with Crippen LogP contribution in [0.25, 0.3) is 0 Å². The largest absolute Gasteiger partial charge is 0.493 e. The number of benzene rings is 1. The minimum atomic E-state index is 0.124. The van der Waals surface area contributed by atoms with E-state index in [1.54, 1.807) is 13.3 Å². The molecule has 0 amide bonds. The molecule has 2 aromatic rings. The average Bonchev–Trinajstić information content (AvgIpc) is 2.93. The van der Waals surface area contributed by atoms with Gasteiger partial charge in [-0.05, 0) is 31.5 Å². The van der Waals surface area contributed by atoms with Gasteiger partial charge in [0.1, 0.15) is 5.76 Å². The average molecular weight is 276 g/mol. The summed E-state index contributed by atoms with van der Waals surface area (Å²) in [6.45, 7) is 5.35. The maximum absolute atomic E-state index is 5.69. The first kappa shape index (κ1) is 14.4. The SMILES string of the molecule is COc1cc(CNCc2ccno2)ccc1OC(C)C. The molecule has 0 spiro atoms. The van der Waals surface area contributed by atoms with Crippen molar-refractivity contribution in [1.82, 2.24) is 10.5 Å². The minimum absolute atomic E-state index is 0.124. The molecule has 0 aliphatic rings. The molecule has 2 rings (SSSR count). The van der Waals surface area contributed by atoms with Crippen LogP contribution in [0.2, 0.25) is 0 Å². The van der Waals surface area contributed by atoms with E-state index in [4.69, 9.17) is 14.0 Å². The third kappa shape index (κ3) is 3.99. The summed E-state index contributed by atoms with van der Waals surface area (Å²) < 4.78 is 16.1. The van der Waals surface area contributed by atoms with Crippen LogP contribution in [0.1, 0.15) is 25.2 Å². The van der Waals surface area contributed by atoms with E-state index >= 15 is 0 Å². The molecule has 0 unspecified atom stereocenters.